The topological polar surface area (TPSA) is 27.7 Å². The first-order valence-corrected chi connectivity index (χ1v) is 11.1. The van der Waals surface area contributed by atoms with E-state index < -0.39 is 11.7 Å². The molecular weight excluding hydrogens is 434 g/mol. The van der Waals surface area contributed by atoms with Gasteiger partial charge < -0.3 is 19.9 Å². The lowest BCUT2D eigenvalue weighted by atomic mass is 10.1. The first-order valence-electron chi connectivity index (χ1n) is 11.1. The molecule has 4 nitrogen and oxygen atoms in total. The van der Waals surface area contributed by atoms with E-state index in [-0.39, 0.29) is 11.7 Å². The first-order chi connectivity index (χ1) is 15.9. The minimum absolute atomic E-state index is 0.240. The van der Waals surface area contributed by atoms with Crippen LogP contribution in [0, 0.1) is 11.7 Å². The van der Waals surface area contributed by atoms with Gasteiger partial charge in [0.2, 0.25) is 0 Å². The van der Waals surface area contributed by atoms with Crippen molar-refractivity contribution in [3.8, 4) is 0 Å². The molecular formula is C25H25F4N3O. The maximum absolute atomic E-state index is 14.6. The molecule has 3 aliphatic rings. The van der Waals surface area contributed by atoms with Gasteiger partial charge in [-0.15, -0.1) is 0 Å². The molecule has 2 aromatic rings. The fourth-order valence-electron chi connectivity index (χ4n) is 4.46. The van der Waals surface area contributed by atoms with Gasteiger partial charge in [0.1, 0.15) is 5.82 Å². The van der Waals surface area contributed by atoms with Crippen LogP contribution in [0.4, 0.5) is 28.9 Å². The summed E-state index contributed by atoms with van der Waals surface area (Å²) in [4.78, 5) is 4.09. The van der Waals surface area contributed by atoms with Crippen LogP contribution in [0.1, 0.15) is 11.1 Å². The molecule has 2 aromatic carbocycles. The van der Waals surface area contributed by atoms with Crippen molar-refractivity contribution in [1.29, 1.82) is 0 Å². The predicted octanol–water partition coefficient (Wildman–Crippen LogP) is 5.05. The van der Waals surface area contributed by atoms with Crippen LogP contribution >= 0.6 is 0 Å². The molecule has 2 aliphatic heterocycles. The number of benzene rings is 2. The molecule has 2 heterocycles. The second kappa shape index (κ2) is 8.74. The molecule has 0 aromatic heterocycles. The van der Waals surface area contributed by atoms with Gasteiger partial charge in [-0.05, 0) is 47.0 Å². The fraction of sp³-hybridized carbons (Fsp3) is 0.360. The predicted molar refractivity (Wildman–Crippen MR) is 119 cm³/mol. The Hall–Kier alpha value is -3.00. The van der Waals surface area contributed by atoms with E-state index in [1.165, 1.54) is 29.3 Å². The highest BCUT2D eigenvalue weighted by Crippen LogP contribution is 2.47. The van der Waals surface area contributed by atoms with Gasteiger partial charge in [-0.25, -0.2) is 4.39 Å². The van der Waals surface area contributed by atoms with E-state index in [0.717, 1.165) is 29.9 Å². The summed E-state index contributed by atoms with van der Waals surface area (Å²) in [5.74, 6) is 0.0425. The zero-order valence-electron chi connectivity index (χ0n) is 18.0. The lowest BCUT2D eigenvalue weighted by Crippen LogP contribution is -2.36. The van der Waals surface area contributed by atoms with Gasteiger partial charge in [-0.1, -0.05) is 18.2 Å². The van der Waals surface area contributed by atoms with Gasteiger partial charge in [0.05, 0.1) is 24.5 Å². The Labute approximate surface area is 190 Å². The van der Waals surface area contributed by atoms with Gasteiger partial charge in [0, 0.05) is 50.5 Å². The number of hydrogen-bond donors (Lipinski definition) is 1. The highest BCUT2D eigenvalue weighted by Gasteiger charge is 2.39. The number of morpholine rings is 1. The summed E-state index contributed by atoms with van der Waals surface area (Å²) in [5, 5.41) is 3.33. The van der Waals surface area contributed by atoms with Crippen molar-refractivity contribution in [2.24, 2.45) is 5.92 Å². The molecule has 0 amide bonds. The van der Waals surface area contributed by atoms with Crippen molar-refractivity contribution in [2.45, 2.75) is 12.7 Å². The van der Waals surface area contributed by atoms with Crippen molar-refractivity contribution in [3.63, 3.8) is 0 Å². The van der Waals surface area contributed by atoms with E-state index in [9.17, 15) is 17.6 Å². The summed E-state index contributed by atoms with van der Waals surface area (Å²) in [6.07, 6.45) is -0.0709. The van der Waals surface area contributed by atoms with Crippen molar-refractivity contribution < 1.29 is 22.3 Å². The highest BCUT2D eigenvalue weighted by atomic mass is 19.4. The smallest absolute Gasteiger partial charge is 0.384 e. The molecule has 8 heteroatoms. The molecule has 0 bridgehead atoms. The third-order valence-electron chi connectivity index (χ3n) is 6.34. The van der Waals surface area contributed by atoms with Crippen molar-refractivity contribution in [3.05, 3.63) is 82.8 Å². The Kier molecular flexibility index (Phi) is 5.78. The van der Waals surface area contributed by atoms with Crippen LogP contribution in [-0.2, 0) is 17.5 Å². The van der Waals surface area contributed by atoms with Crippen LogP contribution in [0.25, 0.3) is 0 Å². The second-order valence-electron chi connectivity index (χ2n) is 8.57. The Morgan fingerprint density at radius 3 is 2.45 bits per heavy atom. The van der Waals surface area contributed by atoms with Gasteiger partial charge in [0.15, 0.2) is 0 Å². The van der Waals surface area contributed by atoms with Gasteiger partial charge >= 0.3 is 6.18 Å². The van der Waals surface area contributed by atoms with Crippen molar-refractivity contribution in [1.82, 2.24) is 4.90 Å². The van der Waals surface area contributed by atoms with E-state index in [2.05, 4.69) is 22.5 Å². The minimum Gasteiger partial charge on any atom is -0.384 e. The minimum atomic E-state index is -4.32. The second-order valence-corrected chi connectivity index (χ2v) is 8.57. The summed E-state index contributed by atoms with van der Waals surface area (Å²) < 4.78 is 58.2. The standard InChI is InChI=1S/C25H25F4N3O/c26-23-13-19(5-6-24(23)32-9-11-33-12-10-32)30-14-21-20-7-8-31(16-22(20)21)15-17-1-3-18(4-2-17)25(27,28)29/h1-7,13,16,21,30H,8-12,14-15H2. The molecule has 1 unspecified atom stereocenters. The monoisotopic (exact) mass is 459 g/mol. The van der Waals surface area contributed by atoms with Crippen LogP contribution in [0.5, 0.6) is 0 Å². The van der Waals surface area contributed by atoms with E-state index in [4.69, 9.17) is 4.74 Å². The Balaban J connectivity index is 1.15. The maximum Gasteiger partial charge on any atom is 0.416 e. The van der Waals surface area contributed by atoms with Gasteiger partial charge in [0.25, 0.3) is 0 Å². The number of ether oxygens (including phenoxy) is 1. The van der Waals surface area contributed by atoms with E-state index in [0.29, 0.717) is 45.1 Å². The fourth-order valence-corrected chi connectivity index (χ4v) is 4.46. The van der Waals surface area contributed by atoms with E-state index >= 15 is 0 Å². The zero-order chi connectivity index (χ0) is 23.0. The molecule has 1 saturated carbocycles. The highest BCUT2D eigenvalue weighted by molar-refractivity contribution is 5.61. The van der Waals surface area contributed by atoms with Crippen molar-refractivity contribution in [2.75, 3.05) is 49.6 Å². The number of alkyl halides is 3. The Bertz CT molecular complexity index is 1070. The molecule has 1 saturated heterocycles. The summed E-state index contributed by atoms with van der Waals surface area (Å²) in [5.41, 5.74) is 4.07. The number of nitrogens with one attached hydrogen (secondary N) is 1. The van der Waals surface area contributed by atoms with Gasteiger partial charge in [-0.3, -0.25) is 0 Å². The molecule has 0 radical (unpaired) electrons. The van der Waals surface area contributed by atoms with E-state index in [1.54, 1.807) is 0 Å². The lowest BCUT2D eigenvalue weighted by Gasteiger charge is -2.29. The molecule has 5 rings (SSSR count). The molecule has 1 aliphatic carbocycles. The average Bonchev–Trinajstić information content (AvgIpc) is 3.50. The maximum atomic E-state index is 14.6. The number of fused-ring (bicyclic) bond motifs is 1. The normalized spacial score (nSPS) is 20.2. The van der Waals surface area contributed by atoms with Crippen LogP contribution in [0.2, 0.25) is 0 Å². The molecule has 1 atom stereocenters. The van der Waals surface area contributed by atoms with E-state index in [1.807, 2.05) is 17.0 Å². The van der Waals surface area contributed by atoms with Crippen molar-refractivity contribution >= 4 is 11.4 Å². The Morgan fingerprint density at radius 2 is 1.76 bits per heavy atom. The number of halogens is 4. The number of hydrogen-bond acceptors (Lipinski definition) is 4. The molecule has 2 fully saturated rings. The Morgan fingerprint density at radius 1 is 1.00 bits per heavy atom. The summed E-state index contributed by atoms with van der Waals surface area (Å²) in [7, 11) is 0. The number of anilines is 2. The molecule has 174 valence electrons. The van der Waals surface area contributed by atoms with Gasteiger partial charge in [-0.2, -0.15) is 13.2 Å². The number of rotatable bonds is 6. The summed E-state index contributed by atoms with van der Waals surface area (Å²) in [6.45, 7) is 4.57. The van der Waals surface area contributed by atoms with Crippen LogP contribution in [-0.4, -0.2) is 44.3 Å². The largest absolute Gasteiger partial charge is 0.416 e. The first kappa shape index (κ1) is 21.8. The third-order valence-corrected chi connectivity index (χ3v) is 6.34. The lowest BCUT2D eigenvalue weighted by molar-refractivity contribution is -0.137. The third kappa shape index (κ3) is 4.85. The molecule has 1 N–H and O–H groups in total. The van der Waals surface area contributed by atoms with Crippen LogP contribution in [0.15, 0.2) is 65.9 Å². The summed E-state index contributed by atoms with van der Waals surface area (Å²) >= 11 is 0. The molecule has 0 spiro atoms. The van der Waals surface area contributed by atoms with Crippen LogP contribution < -0.4 is 10.2 Å². The molecule has 33 heavy (non-hydrogen) atoms. The SMILES string of the molecule is Fc1cc(NCC2C3=CCN(Cc4ccc(C(F)(F)F)cc4)C=C32)ccc1N1CCOCC1. The summed E-state index contributed by atoms with van der Waals surface area (Å²) in [6, 6.07) is 10.6. The number of nitrogens with zero attached hydrogens (tertiary/aromatic N) is 2. The zero-order valence-corrected chi connectivity index (χ0v) is 18.0. The average molecular weight is 459 g/mol. The van der Waals surface area contributed by atoms with Crippen LogP contribution in [0.3, 0.4) is 0 Å². The quantitative estimate of drug-likeness (QED) is 0.612.